The van der Waals surface area contributed by atoms with E-state index in [9.17, 15) is 18.9 Å². The summed E-state index contributed by atoms with van der Waals surface area (Å²) in [5.74, 6) is -2.83. The minimum Gasteiger partial charge on any atom is -0.339 e. The van der Waals surface area contributed by atoms with Gasteiger partial charge in [0, 0.05) is 12.6 Å². The molecular weight excluding hydrogens is 286 g/mol. The summed E-state index contributed by atoms with van der Waals surface area (Å²) in [6.45, 7) is 2.08. The van der Waals surface area contributed by atoms with Gasteiger partial charge in [-0.05, 0) is 12.5 Å². The van der Waals surface area contributed by atoms with Crippen molar-refractivity contribution in [3.63, 3.8) is 0 Å². The van der Waals surface area contributed by atoms with Crippen molar-refractivity contribution < 1.29 is 18.2 Å². The minimum atomic E-state index is -1.34. The van der Waals surface area contributed by atoms with Gasteiger partial charge in [-0.3, -0.25) is 10.1 Å². The highest BCUT2D eigenvalue weighted by molar-refractivity contribution is 5.61. The number of halogens is 2. The van der Waals surface area contributed by atoms with E-state index in [0.29, 0.717) is 6.42 Å². The van der Waals surface area contributed by atoms with Crippen LogP contribution in [0.2, 0.25) is 0 Å². The van der Waals surface area contributed by atoms with E-state index in [1.54, 1.807) is 0 Å². The summed E-state index contributed by atoms with van der Waals surface area (Å²) in [5.41, 5.74) is 3.98. The minimum absolute atomic E-state index is 0.139. The number of hydrogen-bond donors (Lipinski definition) is 1. The summed E-state index contributed by atoms with van der Waals surface area (Å²) < 4.78 is 32.7. The van der Waals surface area contributed by atoms with Gasteiger partial charge < -0.3 is 10.3 Å². The molecule has 2 aromatic rings. The van der Waals surface area contributed by atoms with Crippen molar-refractivity contribution in [1.29, 1.82) is 0 Å². The second-order valence-electron chi connectivity index (χ2n) is 4.31. The number of nitrogens with zero attached hydrogens (tertiary/aromatic N) is 3. The van der Waals surface area contributed by atoms with Crippen molar-refractivity contribution >= 4 is 5.69 Å². The normalized spacial score (nSPS) is 12.4. The van der Waals surface area contributed by atoms with Gasteiger partial charge in [-0.15, -0.1) is 0 Å². The first kappa shape index (κ1) is 15.0. The second kappa shape index (κ2) is 5.92. The lowest BCUT2D eigenvalue weighted by atomic mass is 10.1. The largest absolute Gasteiger partial charge is 0.339 e. The molecule has 1 aromatic carbocycles. The fraction of sp³-hybridized carbons (Fsp3) is 0.333. The molecule has 0 saturated carbocycles. The molecule has 21 heavy (non-hydrogen) atoms. The predicted molar refractivity (Wildman–Crippen MR) is 68.4 cm³/mol. The maximum Gasteiger partial charge on any atom is 0.305 e. The SMILES string of the molecule is CCC(CN)c1nc(-c2c(F)ccc([N+](=O)[O-])c2F)no1. The maximum atomic E-state index is 14.0. The Balaban J connectivity index is 2.52. The van der Waals surface area contributed by atoms with Crippen LogP contribution < -0.4 is 5.73 Å². The summed E-state index contributed by atoms with van der Waals surface area (Å²) in [5, 5.41) is 14.2. The van der Waals surface area contributed by atoms with Crippen LogP contribution in [0.25, 0.3) is 11.4 Å². The van der Waals surface area contributed by atoms with Crippen molar-refractivity contribution in [3.8, 4) is 11.4 Å². The highest BCUT2D eigenvalue weighted by Gasteiger charge is 2.26. The number of rotatable bonds is 5. The Bertz CT molecular complexity index is 671. The molecule has 1 heterocycles. The van der Waals surface area contributed by atoms with Gasteiger partial charge in [0.15, 0.2) is 0 Å². The summed E-state index contributed by atoms with van der Waals surface area (Å²) in [7, 11) is 0. The molecule has 1 unspecified atom stereocenters. The Hall–Kier alpha value is -2.42. The van der Waals surface area contributed by atoms with Gasteiger partial charge in [-0.2, -0.15) is 9.37 Å². The van der Waals surface area contributed by atoms with Crippen LogP contribution in [0.4, 0.5) is 14.5 Å². The van der Waals surface area contributed by atoms with E-state index in [1.807, 2.05) is 6.92 Å². The van der Waals surface area contributed by atoms with Crippen LogP contribution in [0.5, 0.6) is 0 Å². The quantitative estimate of drug-likeness (QED) is 0.670. The lowest BCUT2D eigenvalue weighted by molar-refractivity contribution is -0.387. The molecular formula is C12H12F2N4O3. The van der Waals surface area contributed by atoms with Crippen LogP contribution >= 0.6 is 0 Å². The van der Waals surface area contributed by atoms with Crippen LogP contribution in [-0.4, -0.2) is 21.6 Å². The average molecular weight is 298 g/mol. The summed E-state index contributed by atoms with van der Waals surface area (Å²) in [6.07, 6.45) is 0.609. The molecule has 7 nitrogen and oxygen atoms in total. The molecule has 0 aliphatic rings. The average Bonchev–Trinajstić information content (AvgIpc) is 2.89. The molecule has 1 aromatic heterocycles. The third-order valence-corrected chi connectivity index (χ3v) is 3.06. The zero-order valence-electron chi connectivity index (χ0n) is 11.0. The Morgan fingerprint density at radius 3 is 2.76 bits per heavy atom. The molecule has 0 saturated heterocycles. The van der Waals surface area contributed by atoms with Crippen LogP contribution in [-0.2, 0) is 0 Å². The van der Waals surface area contributed by atoms with E-state index in [2.05, 4.69) is 10.1 Å². The first-order valence-corrected chi connectivity index (χ1v) is 6.16. The van der Waals surface area contributed by atoms with E-state index >= 15 is 0 Å². The van der Waals surface area contributed by atoms with E-state index in [0.717, 1.165) is 12.1 Å². The van der Waals surface area contributed by atoms with Gasteiger partial charge in [0.25, 0.3) is 0 Å². The van der Waals surface area contributed by atoms with Crippen molar-refractivity contribution in [3.05, 3.63) is 39.8 Å². The number of benzene rings is 1. The summed E-state index contributed by atoms with van der Waals surface area (Å²) in [6, 6.07) is 1.52. The topological polar surface area (TPSA) is 108 Å². The molecule has 2 rings (SSSR count). The van der Waals surface area contributed by atoms with Crippen LogP contribution in [0, 0.1) is 21.7 Å². The highest BCUT2D eigenvalue weighted by atomic mass is 19.1. The second-order valence-corrected chi connectivity index (χ2v) is 4.31. The first-order chi connectivity index (χ1) is 9.99. The molecule has 0 aliphatic heterocycles. The smallest absolute Gasteiger partial charge is 0.305 e. The third kappa shape index (κ3) is 2.72. The van der Waals surface area contributed by atoms with Crippen LogP contribution in [0.15, 0.2) is 16.7 Å². The van der Waals surface area contributed by atoms with Gasteiger partial charge in [-0.25, -0.2) is 4.39 Å². The van der Waals surface area contributed by atoms with Crippen LogP contribution in [0.3, 0.4) is 0 Å². The number of hydrogen-bond acceptors (Lipinski definition) is 6. The van der Waals surface area contributed by atoms with E-state index < -0.39 is 27.8 Å². The van der Waals surface area contributed by atoms with Crippen molar-refractivity contribution in [1.82, 2.24) is 10.1 Å². The lowest BCUT2D eigenvalue weighted by Gasteiger charge is -2.04. The zero-order valence-corrected chi connectivity index (χ0v) is 11.0. The predicted octanol–water partition coefficient (Wildman–Crippen LogP) is 2.38. The molecule has 2 N–H and O–H groups in total. The Morgan fingerprint density at radius 2 is 2.19 bits per heavy atom. The zero-order chi connectivity index (χ0) is 15.6. The maximum absolute atomic E-state index is 14.0. The van der Waals surface area contributed by atoms with Crippen LogP contribution in [0.1, 0.15) is 25.2 Å². The standard InChI is InChI=1S/C12H12F2N4O3/c1-2-6(5-15)12-16-11(17-21-12)9-7(13)3-4-8(10(9)14)18(19)20/h3-4,6H,2,5,15H2,1H3. The van der Waals surface area contributed by atoms with E-state index in [1.165, 1.54) is 0 Å². The van der Waals surface area contributed by atoms with Gasteiger partial charge in [0.2, 0.25) is 17.5 Å². The fourth-order valence-electron chi connectivity index (χ4n) is 1.83. The Morgan fingerprint density at radius 1 is 1.48 bits per heavy atom. The molecule has 0 radical (unpaired) electrons. The molecule has 1 atom stereocenters. The molecule has 112 valence electrons. The molecule has 0 amide bonds. The Labute approximate surface area is 117 Å². The molecule has 0 spiro atoms. The monoisotopic (exact) mass is 298 g/mol. The van der Waals surface area contributed by atoms with Gasteiger partial charge in [0.05, 0.1) is 10.8 Å². The highest BCUT2D eigenvalue weighted by Crippen LogP contribution is 2.30. The first-order valence-electron chi connectivity index (χ1n) is 6.16. The van der Waals surface area contributed by atoms with Crippen molar-refractivity contribution in [2.24, 2.45) is 5.73 Å². The molecule has 0 fully saturated rings. The number of nitrogens with two attached hydrogens (primary N) is 1. The number of aromatic nitrogens is 2. The third-order valence-electron chi connectivity index (χ3n) is 3.06. The molecule has 0 bridgehead atoms. The van der Waals surface area contributed by atoms with Gasteiger partial charge in [-0.1, -0.05) is 12.1 Å². The number of nitro groups is 1. The van der Waals surface area contributed by atoms with E-state index in [4.69, 9.17) is 10.3 Å². The molecule has 9 heteroatoms. The van der Waals surface area contributed by atoms with Crippen molar-refractivity contribution in [2.75, 3.05) is 6.54 Å². The molecule has 0 aliphatic carbocycles. The van der Waals surface area contributed by atoms with Crippen molar-refractivity contribution in [2.45, 2.75) is 19.3 Å². The van der Waals surface area contributed by atoms with Gasteiger partial charge in [0.1, 0.15) is 11.4 Å². The van der Waals surface area contributed by atoms with E-state index in [-0.39, 0.29) is 24.2 Å². The van der Waals surface area contributed by atoms with Gasteiger partial charge >= 0.3 is 5.69 Å². The summed E-state index contributed by atoms with van der Waals surface area (Å²) in [4.78, 5) is 13.6. The fourth-order valence-corrected chi connectivity index (χ4v) is 1.83. The Kier molecular flexibility index (Phi) is 4.22. The lowest BCUT2D eigenvalue weighted by Crippen LogP contribution is -2.11. The summed E-state index contributed by atoms with van der Waals surface area (Å²) >= 11 is 0. The number of nitro benzene ring substituents is 1.